The minimum atomic E-state index is -0.342. The fourth-order valence-corrected chi connectivity index (χ4v) is 2.33. The number of benzene rings is 1. The summed E-state index contributed by atoms with van der Waals surface area (Å²) in [5.41, 5.74) is 2.51. The molecule has 0 saturated carbocycles. The predicted octanol–water partition coefficient (Wildman–Crippen LogP) is 2.72. The molecule has 0 radical (unpaired) electrons. The van der Waals surface area contributed by atoms with E-state index in [9.17, 15) is 4.79 Å². The van der Waals surface area contributed by atoms with E-state index in [1.807, 2.05) is 43.2 Å². The lowest BCUT2D eigenvalue weighted by molar-refractivity contribution is 0.0518. The lowest BCUT2D eigenvalue weighted by Gasteiger charge is -2.02. The minimum Gasteiger partial charge on any atom is -0.461 e. The number of nitrogens with zero attached hydrogens (tertiary/aromatic N) is 2. The van der Waals surface area contributed by atoms with Crippen molar-refractivity contribution in [3.63, 3.8) is 0 Å². The second kappa shape index (κ2) is 6.48. The molecule has 0 spiro atoms. The highest BCUT2D eigenvalue weighted by molar-refractivity contribution is 7.35. The first-order chi connectivity index (χ1) is 9.24. The Labute approximate surface area is 114 Å². The van der Waals surface area contributed by atoms with Gasteiger partial charge in [-0.1, -0.05) is 30.3 Å². The predicted molar refractivity (Wildman–Crippen MR) is 77.1 cm³/mol. The average Bonchev–Trinajstić information content (AvgIpc) is 2.83. The molecule has 100 valence electrons. The number of carbonyl (C=O) groups excluding carboxylic acids is 1. The fourth-order valence-electron chi connectivity index (χ4n) is 1.84. The molecule has 1 aromatic heterocycles. The molecule has 2 rings (SSSR count). The summed E-state index contributed by atoms with van der Waals surface area (Å²) in [4.78, 5) is 11.9. The van der Waals surface area contributed by atoms with Crippen LogP contribution >= 0.6 is 8.73 Å². The van der Waals surface area contributed by atoms with Crippen molar-refractivity contribution in [1.82, 2.24) is 9.55 Å². The van der Waals surface area contributed by atoms with Crippen LogP contribution in [0.2, 0.25) is 0 Å². The lowest BCUT2D eigenvalue weighted by Crippen LogP contribution is -2.08. The highest BCUT2D eigenvalue weighted by Gasteiger charge is 2.17. The SMILES string of the molecule is CCOC(=O)c1nn(PC)cc1Cc1ccccc1. The van der Waals surface area contributed by atoms with E-state index in [0.29, 0.717) is 27.5 Å². The summed E-state index contributed by atoms with van der Waals surface area (Å²) >= 11 is 0. The maximum atomic E-state index is 11.9. The van der Waals surface area contributed by atoms with Gasteiger partial charge in [0, 0.05) is 18.2 Å². The molecule has 0 amide bonds. The zero-order chi connectivity index (χ0) is 13.7. The molecule has 0 aliphatic heterocycles. The standard InChI is InChI=1S/C14H17N2O2P/c1-3-18-14(17)13-12(10-16(15-13)19-2)9-11-7-5-4-6-8-11/h4-8,10,19H,3,9H2,1-2H3. The van der Waals surface area contributed by atoms with Crippen molar-refractivity contribution in [2.75, 3.05) is 13.3 Å². The van der Waals surface area contributed by atoms with E-state index in [0.717, 1.165) is 11.1 Å². The van der Waals surface area contributed by atoms with E-state index in [4.69, 9.17) is 4.74 Å². The van der Waals surface area contributed by atoms with Crippen molar-refractivity contribution in [1.29, 1.82) is 0 Å². The lowest BCUT2D eigenvalue weighted by atomic mass is 10.1. The molecule has 0 N–H and O–H groups in total. The first-order valence-corrected chi connectivity index (χ1v) is 7.66. The number of carbonyl (C=O) groups is 1. The molecular weight excluding hydrogens is 259 g/mol. The van der Waals surface area contributed by atoms with Crippen molar-refractivity contribution in [3.8, 4) is 0 Å². The Balaban J connectivity index is 2.28. The molecule has 19 heavy (non-hydrogen) atoms. The van der Waals surface area contributed by atoms with Crippen molar-refractivity contribution in [2.24, 2.45) is 0 Å². The van der Waals surface area contributed by atoms with E-state index < -0.39 is 0 Å². The van der Waals surface area contributed by atoms with E-state index in [2.05, 4.69) is 5.10 Å². The quantitative estimate of drug-likeness (QED) is 0.623. The summed E-state index contributed by atoms with van der Waals surface area (Å²) in [6.07, 6.45) is 2.62. The van der Waals surface area contributed by atoms with Crippen LogP contribution in [-0.2, 0) is 11.2 Å². The van der Waals surface area contributed by atoms with Crippen molar-refractivity contribution in [2.45, 2.75) is 13.3 Å². The van der Waals surface area contributed by atoms with Gasteiger partial charge in [-0.25, -0.2) is 4.79 Å². The largest absolute Gasteiger partial charge is 0.461 e. The Kier molecular flexibility index (Phi) is 4.69. The van der Waals surface area contributed by atoms with Crippen LogP contribution in [0.5, 0.6) is 0 Å². The number of hydrogen-bond donors (Lipinski definition) is 0. The maximum absolute atomic E-state index is 11.9. The first-order valence-electron chi connectivity index (χ1n) is 6.22. The maximum Gasteiger partial charge on any atom is 0.359 e. The van der Waals surface area contributed by atoms with Crippen molar-refractivity contribution < 1.29 is 9.53 Å². The summed E-state index contributed by atoms with van der Waals surface area (Å²) in [6.45, 7) is 4.19. The van der Waals surface area contributed by atoms with Crippen LogP contribution in [0, 0.1) is 0 Å². The Morgan fingerprint density at radius 2 is 2.11 bits per heavy atom. The zero-order valence-corrected chi connectivity index (χ0v) is 12.1. The van der Waals surface area contributed by atoms with Gasteiger partial charge in [0.05, 0.1) is 6.61 Å². The number of rotatable bonds is 5. The molecular formula is C14H17N2O2P. The first kappa shape index (κ1) is 13.8. The number of ether oxygens (including phenoxy) is 1. The molecule has 4 nitrogen and oxygen atoms in total. The summed E-state index contributed by atoms with van der Waals surface area (Å²) in [7, 11) is 0.501. The van der Waals surface area contributed by atoms with Crippen LogP contribution in [0.3, 0.4) is 0 Å². The summed E-state index contributed by atoms with van der Waals surface area (Å²) in [5.74, 6) is -0.342. The van der Waals surface area contributed by atoms with Crippen LogP contribution in [0.1, 0.15) is 28.5 Å². The Hall–Kier alpha value is -1.67. The van der Waals surface area contributed by atoms with Gasteiger partial charge in [-0.05, 0) is 27.9 Å². The monoisotopic (exact) mass is 276 g/mol. The second-order valence-corrected chi connectivity index (χ2v) is 4.96. The average molecular weight is 276 g/mol. The number of esters is 1. The summed E-state index contributed by atoms with van der Waals surface area (Å²) in [5, 5.41) is 4.30. The zero-order valence-electron chi connectivity index (χ0n) is 11.1. The molecule has 0 aliphatic carbocycles. The van der Waals surface area contributed by atoms with Gasteiger partial charge in [0.1, 0.15) is 0 Å². The van der Waals surface area contributed by atoms with E-state index in [1.54, 1.807) is 11.4 Å². The van der Waals surface area contributed by atoms with Crippen LogP contribution in [0.25, 0.3) is 0 Å². The van der Waals surface area contributed by atoms with Gasteiger partial charge in [-0.15, -0.1) is 0 Å². The van der Waals surface area contributed by atoms with Crippen LogP contribution in [-0.4, -0.2) is 28.8 Å². The minimum absolute atomic E-state index is 0.342. The molecule has 1 heterocycles. The third-order valence-electron chi connectivity index (χ3n) is 2.73. The van der Waals surface area contributed by atoms with E-state index in [-0.39, 0.29) is 5.97 Å². The number of hydrogen-bond acceptors (Lipinski definition) is 3. The Bertz CT molecular complexity index is 552. The molecule has 0 saturated heterocycles. The topological polar surface area (TPSA) is 44.1 Å². The third-order valence-corrected chi connectivity index (χ3v) is 3.41. The fraction of sp³-hybridized carbons (Fsp3) is 0.286. The van der Waals surface area contributed by atoms with Crippen LogP contribution < -0.4 is 0 Å². The Morgan fingerprint density at radius 3 is 2.74 bits per heavy atom. The molecule has 1 unspecified atom stereocenters. The van der Waals surface area contributed by atoms with Crippen LogP contribution in [0.15, 0.2) is 36.5 Å². The van der Waals surface area contributed by atoms with E-state index in [1.165, 1.54) is 0 Å². The van der Waals surface area contributed by atoms with Gasteiger partial charge in [0.25, 0.3) is 0 Å². The summed E-state index contributed by atoms with van der Waals surface area (Å²) in [6, 6.07) is 10.0. The third kappa shape index (κ3) is 3.42. The molecule has 2 aromatic rings. The molecule has 0 bridgehead atoms. The molecule has 1 atom stereocenters. The second-order valence-electron chi connectivity index (χ2n) is 4.05. The van der Waals surface area contributed by atoms with Gasteiger partial charge < -0.3 is 4.74 Å². The molecule has 0 aliphatic rings. The smallest absolute Gasteiger partial charge is 0.359 e. The van der Waals surface area contributed by atoms with Gasteiger partial charge in [-0.2, -0.15) is 5.10 Å². The highest BCUT2D eigenvalue weighted by atomic mass is 31.1. The van der Waals surface area contributed by atoms with Crippen molar-refractivity contribution >= 4 is 14.7 Å². The van der Waals surface area contributed by atoms with Gasteiger partial charge >= 0.3 is 5.97 Å². The number of aromatic nitrogens is 2. The van der Waals surface area contributed by atoms with Gasteiger partial charge in [0.2, 0.25) is 0 Å². The van der Waals surface area contributed by atoms with Gasteiger partial charge in [0.15, 0.2) is 5.69 Å². The Morgan fingerprint density at radius 1 is 1.37 bits per heavy atom. The van der Waals surface area contributed by atoms with Crippen LogP contribution in [0.4, 0.5) is 0 Å². The van der Waals surface area contributed by atoms with E-state index >= 15 is 0 Å². The molecule has 5 heteroatoms. The highest BCUT2D eigenvalue weighted by Crippen LogP contribution is 2.18. The molecule has 0 fully saturated rings. The van der Waals surface area contributed by atoms with Crippen molar-refractivity contribution in [3.05, 3.63) is 53.3 Å². The normalized spacial score (nSPS) is 11.1. The summed E-state index contributed by atoms with van der Waals surface area (Å²) < 4.78 is 6.85. The van der Waals surface area contributed by atoms with Gasteiger partial charge in [-0.3, -0.25) is 4.45 Å². The molecule has 1 aromatic carbocycles.